The molecule has 3 heteroatoms. The molecule has 1 aliphatic rings. The first-order valence-electron chi connectivity index (χ1n) is 3.72. The first-order valence-corrected chi connectivity index (χ1v) is 3.72. The van der Waals surface area contributed by atoms with E-state index < -0.39 is 12.1 Å². The molecule has 0 aromatic carbocycles. The van der Waals surface area contributed by atoms with Crippen LogP contribution in [0.1, 0.15) is 26.2 Å². The van der Waals surface area contributed by atoms with Crippen molar-refractivity contribution in [3.8, 4) is 0 Å². The SMILES string of the molecule is CC1=CCCC(C(F)(F)F)C1. The molecule has 0 saturated carbocycles. The van der Waals surface area contributed by atoms with Gasteiger partial charge in [-0.2, -0.15) is 13.2 Å². The van der Waals surface area contributed by atoms with Gasteiger partial charge in [-0.05, 0) is 26.2 Å². The number of hydrogen-bond donors (Lipinski definition) is 0. The van der Waals surface area contributed by atoms with Crippen molar-refractivity contribution in [2.75, 3.05) is 0 Å². The third-order valence-electron chi connectivity index (χ3n) is 2.04. The summed E-state index contributed by atoms with van der Waals surface area (Å²) in [5.41, 5.74) is 0.874. The topological polar surface area (TPSA) is 0 Å². The lowest BCUT2D eigenvalue weighted by Crippen LogP contribution is -2.24. The van der Waals surface area contributed by atoms with Crippen molar-refractivity contribution in [3.63, 3.8) is 0 Å². The zero-order chi connectivity index (χ0) is 8.48. The molecule has 0 N–H and O–H groups in total. The Kier molecular flexibility index (Phi) is 2.25. The summed E-state index contributed by atoms with van der Waals surface area (Å²) in [4.78, 5) is 0. The van der Waals surface area contributed by atoms with Gasteiger partial charge in [0.1, 0.15) is 0 Å². The van der Waals surface area contributed by atoms with Crippen LogP contribution in [-0.2, 0) is 0 Å². The minimum absolute atomic E-state index is 0.198. The number of allylic oxidation sites excluding steroid dienone is 2. The second-order valence-corrected chi connectivity index (χ2v) is 3.07. The van der Waals surface area contributed by atoms with E-state index in [4.69, 9.17) is 0 Å². The zero-order valence-electron chi connectivity index (χ0n) is 6.41. The van der Waals surface area contributed by atoms with Crippen molar-refractivity contribution in [2.24, 2.45) is 5.92 Å². The van der Waals surface area contributed by atoms with Gasteiger partial charge in [-0.1, -0.05) is 11.6 Å². The van der Waals surface area contributed by atoms with Gasteiger partial charge in [0.25, 0.3) is 0 Å². The van der Waals surface area contributed by atoms with Crippen molar-refractivity contribution in [3.05, 3.63) is 11.6 Å². The molecule has 0 bridgehead atoms. The molecule has 0 aliphatic heterocycles. The Morgan fingerprint density at radius 1 is 1.45 bits per heavy atom. The van der Waals surface area contributed by atoms with Gasteiger partial charge in [-0.25, -0.2) is 0 Å². The molecule has 0 aromatic heterocycles. The van der Waals surface area contributed by atoms with E-state index in [2.05, 4.69) is 0 Å². The summed E-state index contributed by atoms with van der Waals surface area (Å²) in [6, 6.07) is 0. The van der Waals surface area contributed by atoms with Crippen molar-refractivity contribution in [1.29, 1.82) is 0 Å². The third kappa shape index (κ3) is 2.24. The van der Waals surface area contributed by atoms with Crippen molar-refractivity contribution >= 4 is 0 Å². The summed E-state index contributed by atoms with van der Waals surface area (Å²) in [5.74, 6) is -1.09. The normalized spacial score (nSPS) is 26.5. The van der Waals surface area contributed by atoms with E-state index in [1.807, 2.05) is 6.08 Å². The quantitative estimate of drug-likeness (QED) is 0.482. The average molecular weight is 164 g/mol. The Morgan fingerprint density at radius 2 is 2.09 bits per heavy atom. The van der Waals surface area contributed by atoms with Crippen LogP contribution in [0.2, 0.25) is 0 Å². The van der Waals surface area contributed by atoms with Crippen LogP contribution in [0.3, 0.4) is 0 Å². The molecule has 0 heterocycles. The van der Waals surface area contributed by atoms with Crippen molar-refractivity contribution < 1.29 is 13.2 Å². The maximum Gasteiger partial charge on any atom is 0.392 e. The Bertz CT molecular complexity index is 167. The Morgan fingerprint density at radius 3 is 2.45 bits per heavy atom. The van der Waals surface area contributed by atoms with Gasteiger partial charge in [-0.15, -0.1) is 0 Å². The lowest BCUT2D eigenvalue weighted by atomic mass is 9.89. The highest BCUT2D eigenvalue weighted by atomic mass is 19.4. The molecule has 1 atom stereocenters. The van der Waals surface area contributed by atoms with Gasteiger partial charge in [-0.3, -0.25) is 0 Å². The summed E-state index contributed by atoms with van der Waals surface area (Å²) < 4.78 is 36.3. The zero-order valence-corrected chi connectivity index (χ0v) is 6.41. The van der Waals surface area contributed by atoms with Crippen molar-refractivity contribution in [2.45, 2.75) is 32.4 Å². The fourth-order valence-corrected chi connectivity index (χ4v) is 1.38. The molecule has 0 radical (unpaired) electrons. The molecular formula is C8H11F3. The average Bonchev–Trinajstić information content (AvgIpc) is 1.86. The predicted octanol–water partition coefficient (Wildman–Crippen LogP) is 3.30. The van der Waals surface area contributed by atoms with E-state index >= 15 is 0 Å². The van der Waals surface area contributed by atoms with Crippen LogP contribution in [0.15, 0.2) is 11.6 Å². The lowest BCUT2D eigenvalue weighted by molar-refractivity contribution is -0.176. The van der Waals surface area contributed by atoms with Gasteiger partial charge in [0.15, 0.2) is 0 Å². The summed E-state index contributed by atoms with van der Waals surface area (Å²) in [7, 11) is 0. The highest BCUT2D eigenvalue weighted by molar-refractivity contribution is 5.04. The molecule has 1 rings (SSSR count). The van der Waals surface area contributed by atoms with E-state index in [1.54, 1.807) is 6.92 Å². The molecule has 1 unspecified atom stereocenters. The third-order valence-corrected chi connectivity index (χ3v) is 2.04. The van der Waals surface area contributed by atoms with E-state index in [-0.39, 0.29) is 12.8 Å². The van der Waals surface area contributed by atoms with Crippen LogP contribution >= 0.6 is 0 Å². The molecular weight excluding hydrogens is 153 g/mol. The predicted molar refractivity (Wildman–Crippen MR) is 37.2 cm³/mol. The molecule has 0 saturated heterocycles. The Hall–Kier alpha value is -0.470. The molecule has 0 fully saturated rings. The molecule has 0 aromatic rings. The second kappa shape index (κ2) is 2.88. The lowest BCUT2D eigenvalue weighted by Gasteiger charge is -2.23. The van der Waals surface area contributed by atoms with E-state index in [0.29, 0.717) is 6.42 Å². The number of alkyl halides is 3. The second-order valence-electron chi connectivity index (χ2n) is 3.07. The largest absolute Gasteiger partial charge is 0.392 e. The summed E-state index contributed by atoms with van der Waals surface area (Å²) in [6.07, 6.45) is -1.06. The first kappa shape index (κ1) is 8.62. The monoisotopic (exact) mass is 164 g/mol. The van der Waals surface area contributed by atoms with Crippen LogP contribution in [0, 0.1) is 5.92 Å². The summed E-state index contributed by atoms with van der Waals surface area (Å²) in [6.45, 7) is 1.76. The minimum atomic E-state index is -3.99. The highest BCUT2D eigenvalue weighted by Gasteiger charge is 2.39. The molecule has 0 spiro atoms. The van der Waals surface area contributed by atoms with Crippen LogP contribution in [-0.4, -0.2) is 6.18 Å². The summed E-state index contributed by atoms with van der Waals surface area (Å²) in [5, 5.41) is 0. The molecule has 0 amide bonds. The fourth-order valence-electron chi connectivity index (χ4n) is 1.38. The van der Waals surface area contributed by atoms with E-state index in [0.717, 1.165) is 5.57 Å². The number of rotatable bonds is 0. The molecule has 64 valence electrons. The van der Waals surface area contributed by atoms with Gasteiger partial charge in [0, 0.05) is 0 Å². The van der Waals surface area contributed by atoms with Crippen LogP contribution in [0.25, 0.3) is 0 Å². The van der Waals surface area contributed by atoms with Gasteiger partial charge < -0.3 is 0 Å². The Labute approximate surface area is 64.1 Å². The first-order chi connectivity index (χ1) is 5.00. The maximum atomic E-state index is 12.1. The van der Waals surface area contributed by atoms with Crippen LogP contribution < -0.4 is 0 Å². The van der Waals surface area contributed by atoms with Gasteiger partial charge in [0.2, 0.25) is 0 Å². The molecule has 11 heavy (non-hydrogen) atoms. The molecule has 1 aliphatic carbocycles. The number of halogens is 3. The van der Waals surface area contributed by atoms with Gasteiger partial charge in [0.05, 0.1) is 5.92 Å². The maximum absolute atomic E-state index is 12.1. The van der Waals surface area contributed by atoms with Crippen LogP contribution in [0.4, 0.5) is 13.2 Å². The fraction of sp³-hybridized carbons (Fsp3) is 0.750. The summed E-state index contributed by atoms with van der Waals surface area (Å²) >= 11 is 0. The van der Waals surface area contributed by atoms with Crippen LogP contribution in [0.5, 0.6) is 0 Å². The minimum Gasteiger partial charge on any atom is -0.171 e. The van der Waals surface area contributed by atoms with Gasteiger partial charge >= 0.3 is 6.18 Å². The van der Waals surface area contributed by atoms with E-state index in [9.17, 15) is 13.2 Å². The Balaban J connectivity index is 2.58. The highest BCUT2D eigenvalue weighted by Crippen LogP contribution is 2.37. The smallest absolute Gasteiger partial charge is 0.171 e. The van der Waals surface area contributed by atoms with Crippen molar-refractivity contribution in [1.82, 2.24) is 0 Å². The number of hydrogen-bond acceptors (Lipinski definition) is 0. The molecule has 0 nitrogen and oxygen atoms in total. The standard InChI is InChI=1S/C8H11F3/c1-6-3-2-4-7(5-6)8(9,10)11/h3,7H,2,4-5H2,1H3. The van der Waals surface area contributed by atoms with E-state index in [1.165, 1.54) is 0 Å².